The normalized spacial score (nSPS) is 28.4. The van der Waals surface area contributed by atoms with Crippen LogP contribution in [-0.4, -0.2) is 56.3 Å². The van der Waals surface area contributed by atoms with Gasteiger partial charge in [-0.1, -0.05) is 30.3 Å². The number of amides is 2. The Kier molecular flexibility index (Phi) is 4.88. The molecule has 1 aromatic heterocycles. The van der Waals surface area contributed by atoms with Gasteiger partial charge in [-0.2, -0.15) is 0 Å². The highest BCUT2D eigenvalue weighted by Gasteiger charge is 2.50. The van der Waals surface area contributed by atoms with Crippen molar-refractivity contribution in [3.05, 3.63) is 53.6 Å². The van der Waals surface area contributed by atoms with E-state index in [9.17, 15) is 9.59 Å². The number of aromatic nitrogens is 2. The van der Waals surface area contributed by atoms with Gasteiger partial charge in [0.05, 0.1) is 12.0 Å². The third-order valence-corrected chi connectivity index (χ3v) is 7.39. The van der Waals surface area contributed by atoms with E-state index in [1.807, 2.05) is 29.5 Å². The maximum Gasteiger partial charge on any atom is 0.272 e. The second kappa shape index (κ2) is 7.56. The first kappa shape index (κ1) is 19.3. The molecule has 0 radical (unpaired) electrons. The van der Waals surface area contributed by atoms with Crippen LogP contribution in [0, 0.1) is 18.8 Å². The van der Waals surface area contributed by atoms with Crippen molar-refractivity contribution in [1.82, 2.24) is 19.4 Å². The van der Waals surface area contributed by atoms with Gasteiger partial charge in [-0.15, -0.1) is 0 Å². The van der Waals surface area contributed by atoms with Crippen molar-refractivity contribution in [2.45, 2.75) is 51.1 Å². The van der Waals surface area contributed by atoms with Crippen molar-refractivity contribution in [2.75, 3.05) is 13.1 Å². The lowest BCUT2D eigenvalue weighted by Crippen LogP contribution is -2.66. The Morgan fingerprint density at radius 2 is 1.93 bits per heavy atom. The molecule has 3 aliphatic rings. The Labute approximate surface area is 177 Å². The summed E-state index contributed by atoms with van der Waals surface area (Å²) in [6, 6.07) is 10.9. The molecule has 2 aromatic rings. The van der Waals surface area contributed by atoms with Gasteiger partial charge in [0.25, 0.3) is 5.91 Å². The van der Waals surface area contributed by atoms with E-state index in [0.29, 0.717) is 36.4 Å². The molecule has 6 nitrogen and oxygen atoms in total. The van der Waals surface area contributed by atoms with Gasteiger partial charge in [0.15, 0.2) is 0 Å². The Balaban J connectivity index is 1.46. The first-order valence-corrected chi connectivity index (χ1v) is 11.1. The predicted molar refractivity (Wildman–Crippen MR) is 114 cm³/mol. The summed E-state index contributed by atoms with van der Waals surface area (Å²) in [7, 11) is 1.89. The van der Waals surface area contributed by atoms with Crippen LogP contribution in [0.15, 0.2) is 36.7 Å². The Morgan fingerprint density at radius 3 is 2.67 bits per heavy atom. The van der Waals surface area contributed by atoms with Crippen LogP contribution >= 0.6 is 0 Å². The molecule has 0 N–H and O–H groups in total. The fourth-order valence-electron chi connectivity index (χ4n) is 6.06. The van der Waals surface area contributed by atoms with Crippen molar-refractivity contribution in [3.63, 3.8) is 0 Å². The minimum atomic E-state index is 0.0799. The van der Waals surface area contributed by atoms with E-state index in [2.05, 4.69) is 34.1 Å². The van der Waals surface area contributed by atoms with Crippen LogP contribution in [0.2, 0.25) is 0 Å². The van der Waals surface area contributed by atoms with Crippen molar-refractivity contribution in [3.8, 4) is 0 Å². The lowest BCUT2D eigenvalue weighted by Gasteiger charge is -2.56. The summed E-state index contributed by atoms with van der Waals surface area (Å²) in [4.78, 5) is 35.0. The van der Waals surface area contributed by atoms with Crippen molar-refractivity contribution < 1.29 is 9.59 Å². The molecule has 2 bridgehead atoms. The molecule has 6 heteroatoms. The zero-order valence-corrected chi connectivity index (χ0v) is 17.8. The number of fused-ring (bicyclic) bond motifs is 4. The minimum absolute atomic E-state index is 0.0799. The van der Waals surface area contributed by atoms with Crippen LogP contribution in [0.25, 0.3) is 0 Å². The lowest BCUT2D eigenvalue weighted by atomic mass is 9.70. The number of carbonyl (C=O) groups excluding carboxylic acids is 2. The molecule has 1 aromatic carbocycles. The molecule has 3 saturated heterocycles. The number of piperidine rings is 3. The quantitative estimate of drug-likeness (QED) is 0.788. The van der Waals surface area contributed by atoms with Crippen LogP contribution in [0.1, 0.15) is 47.4 Å². The molecular weight excluding hydrogens is 376 g/mol. The highest BCUT2D eigenvalue weighted by Crippen LogP contribution is 2.42. The summed E-state index contributed by atoms with van der Waals surface area (Å²) in [5.41, 5.74) is 2.74. The lowest BCUT2D eigenvalue weighted by molar-refractivity contribution is -0.151. The molecule has 3 fully saturated rings. The number of benzene rings is 1. The summed E-state index contributed by atoms with van der Waals surface area (Å²) in [6.07, 6.45) is 6.38. The maximum atomic E-state index is 13.4. The summed E-state index contributed by atoms with van der Waals surface area (Å²) in [5.74, 6) is 1.08. The van der Waals surface area contributed by atoms with Crippen molar-refractivity contribution in [1.29, 1.82) is 0 Å². The molecule has 5 rings (SSSR count). The number of aryl methyl sites for hydroxylation is 2. The van der Waals surface area contributed by atoms with E-state index in [1.165, 1.54) is 5.56 Å². The number of carbonyl (C=O) groups is 2. The largest absolute Gasteiger partial charge is 0.337 e. The predicted octanol–water partition coefficient (Wildman–Crippen LogP) is 2.81. The van der Waals surface area contributed by atoms with Crippen LogP contribution in [0.3, 0.4) is 0 Å². The van der Waals surface area contributed by atoms with Crippen LogP contribution in [0.5, 0.6) is 0 Å². The van der Waals surface area contributed by atoms with Gasteiger partial charge in [0.2, 0.25) is 5.91 Å². The third kappa shape index (κ3) is 3.22. The summed E-state index contributed by atoms with van der Waals surface area (Å²) in [5, 5.41) is 0. The van der Waals surface area contributed by atoms with Gasteiger partial charge < -0.3 is 14.4 Å². The summed E-state index contributed by atoms with van der Waals surface area (Å²) >= 11 is 0. The zero-order chi connectivity index (χ0) is 20.8. The van der Waals surface area contributed by atoms with E-state index in [4.69, 9.17) is 0 Å². The Bertz CT molecular complexity index is 934. The van der Waals surface area contributed by atoms with E-state index >= 15 is 0 Å². The number of hydrogen-bond donors (Lipinski definition) is 0. The number of likely N-dealkylation sites (tertiary alicyclic amines) is 1. The van der Waals surface area contributed by atoms with Gasteiger partial charge in [-0.3, -0.25) is 9.59 Å². The van der Waals surface area contributed by atoms with Crippen LogP contribution < -0.4 is 0 Å². The number of nitrogens with zero attached hydrogens (tertiary/aromatic N) is 4. The molecule has 30 heavy (non-hydrogen) atoms. The maximum absolute atomic E-state index is 13.4. The second-order valence-electron chi connectivity index (χ2n) is 9.27. The molecule has 2 amide bonds. The summed E-state index contributed by atoms with van der Waals surface area (Å²) in [6.45, 7) is 3.36. The molecule has 0 unspecified atom stereocenters. The van der Waals surface area contributed by atoms with Crippen LogP contribution in [0.4, 0.5) is 0 Å². The number of rotatable bonds is 3. The van der Waals surface area contributed by atoms with Gasteiger partial charge >= 0.3 is 0 Å². The summed E-state index contributed by atoms with van der Waals surface area (Å²) < 4.78 is 1.83. The number of hydrogen-bond acceptors (Lipinski definition) is 3. The first-order valence-electron chi connectivity index (χ1n) is 11.1. The van der Waals surface area contributed by atoms with Gasteiger partial charge in [0, 0.05) is 38.6 Å². The Morgan fingerprint density at radius 1 is 1.17 bits per heavy atom. The van der Waals surface area contributed by atoms with E-state index in [1.54, 1.807) is 6.33 Å². The fourth-order valence-corrected chi connectivity index (χ4v) is 6.06. The zero-order valence-electron chi connectivity index (χ0n) is 17.8. The van der Waals surface area contributed by atoms with Gasteiger partial charge in [-0.25, -0.2) is 4.98 Å². The Hall–Kier alpha value is -2.63. The average Bonchev–Trinajstić information content (AvgIpc) is 3.09. The molecule has 3 aliphatic heterocycles. The number of imidazole rings is 1. The molecule has 0 spiro atoms. The monoisotopic (exact) mass is 406 g/mol. The van der Waals surface area contributed by atoms with Crippen molar-refractivity contribution >= 4 is 11.8 Å². The standard InChI is InChI=1S/C24H30N4O2/c1-16-23(26(2)15-25-16)24(30)27-13-18-12-19(14-27)21(11-17-7-4-3-5-8-17)28-20(18)9-6-10-22(28)29/h3-5,7-8,15,18-21H,6,9-14H2,1-2H3/t18-,19+,20+,21+/m1/s1. The molecule has 158 valence electrons. The molecule has 0 saturated carbocycles. The molecule has 4 heterocycles. The second-order valence-corrected chi connectivity index (χ2v) is 9.27. The first-order chi connectivity index (χ1) is 14.5. The third-order valence-electron chi connectivity index (χ3n) is 7.39. The highest BCUT2D eigenvalue weighted by atomic mass is 16.2. The highest BCUT2D eigenvalue weighted by molar-refractivity contribution is 5.93. The van der Waals surface area contributed by atoms with Gasteiger partial charge in [-0.05, 0) is 50.0 Å². The SMILES string of the molecule is Cc1ncn(C)c1C(=O)N1C[C@H]2C[C@@H](C1)[C@H](Cc1ccccc1)N1C(=O)CCC[C@@H]21. The molecular formula is C24H30N4O2. The van der Waals surface area contributed by atoms with Crippen LogP contribution in [-0.2, 0) is 18.3 Å². The fraction of sp³-hybridized carbons (Fsp3) is 0.542. The smallest absolute Gasteiger partial charge is 0.272 e. The topological polar surface area (TPSA) is 58.4 Å². The van der Waals surface area contributed by atoms with E-state index < -0.39 is 0 Å². The minimum Gasteiger partial charge on any atom is -0.337 e. The molecule has 4 atom stereocenters. The van der Waals surface area contributed by atoms with Gasteiger partial charge in [0.1, 0.15) is 5.69 Å². The van der Waals surface area contributed by atoms with E-state index in [0.717, 1.165) is 37.9 Å². The molecule has 0 aliphatic carbocycles. The van der Waals surface area contributed by atoms with E-state index in [-0.39, 0.29) is 18.0 Å². The van der Waals surface area contributed by atoms with Crippen molar-refractivity contribution in [2.24, 2.45) is 18.9 Å². The average molecular weight is 407 g/mol.